The predicted molar refractivity (Wildman–Crippen MR) is 143 cm³/mol. The molecule has 0 saturated heterocycles. The number of hydrogen-bond acceptors (Lipinski definition) is 4. The second-order valence-corrected chi connectivity index (χ2v) is 9.37. The number of aromatic nitrogens is 2. The lowest BCUT2D eigenvalue weighted by Crippen LogP contribution is -2.24. The van der Waals surface area contributed by atoms with Crippen LogP contribution < -0.4 is 10.4 Å². The summed E-state index contributed by atoms with van der Waals surface area (Å²) in [5.74, 6) is 0.867. The highest BCUT2D eigenvalue weighted by atomic mass is 32.1. The molecule has 6 heteroatoms. The number of hydrogen-bond donors (Lipinski definition) is 1. The van der Waals surface area contributed by atoms with E-state index in [0.29, 0.717) is 13.2 Å². The summed E-state index contributed by atoms with van der Waals surface area (Å²) in [6.45, 7) is 3.52. The zero-order valence-electron chi connectivity index (χ0n) is 20.0. The van der Waals surface area contributed by atoms with Gasteiger partial charge in [-0.05, 0) is 69.8 Å². The Bertz CT molecular complexity index is 1480. The van der Waals surface area contributed by atoms with Crippen LogP contribution in [-0.4, -0.2) is 20.8 Å². The molecule has 1 N–H and O–H groups in total. The first kappa shape index (κ1) is 23.1. The molecular formula is C29H29N3O2S. The van der Waals surface area contributed by atoms with Crippen LogP contribution in [0.1, 0.15) is 24.5 Å². The molecular weight excluding hydrogens is 454 g/mol. The van der Waals surface area contributed by atoms with Gasteiger partial charge in [0.25, 0.3) is 0 Å². The van der Waals surface area contributed by atoms with Gasteiger partial charge >= 0.3 is 0 Å². The molecule has 0 aliphatic heterocycles. The van der Waals surface area contributed by atoms with Crippen LogP contribution >= 0.6 is 11.3 Å². The molecule has 35 heavy (non-hydrogen) atoms. The van der Waals surface area contributed by atoms with Crippen molar-refractivity contribution in [3.63, 3.8) is 0 Å². The van der Waals surface area contributed by atoms with E-state index in [1.165, 1.54) is 11.1 Å². The normalized spacial score (nSPS) is 11.9. The van der Waals surface area contributed by atoms with Gasteiger partial charge in [0.2, 0.25) is 5.62 Å². The fraction of sp³-hybridized carbons (Fsp3) is 0.207. The Morgan fingerprint density at radius 3 is 2.34 bits per heavy atom. The van der Waals surface area contributed by atoms with Crippen molar-refractivity contribution in [3.8, 4) is 16.9 Å². The number of imidazole rings is 1. The summed E-state index contributed by atoms with van der Waals surface area (Å²) in [5, 5.41) is 13.7. The third kappa shape index (κ3) is 4.94. The second-order valence-electron chi connectivity index (χ2n) is 8.59. The zero-order valence-corrected chi connectivity index (χ0v) is 20.8. The van der Waals surface area contributed by atoms with Crippen LogP contribution in [0.2, 0.25) is 0 Å². The van der Waals surface area contributed by atoms with E-state index in [1.807, 2.05) is 18.2 Å². The largest absolute Gasteiger partial charge is 0.494 e. The molecule has 0 radical (unpaired) electrons. The molecule has 0 aliphatic rings. The number of aryl methyl sites for hydroxylation is 1. The molecule has 178 valence electrons. The van der Waals surface area contributed by atoms with Crippen molar-refractivity contribution in [2.75, 3.05) is 6.61 Å². The van der Waals surface area contributed by atoms with Crippen molar-refractivity contribution < 1.29 is 9.84 Å². The molecule has 0 atom stereocenters. The number of aliphatic hydroxyl groups is 1. The molecule has 0 unspecified atom stereocenters. The van der Waals surface area contributed by atoms with E-state index in [4.69, 9.17) is 9.73 Å². The quantitative estimate of drug-likeness (QED) is 0.283. The fourth-order valence-electron chi connectivity index (χ4n) is 4.20. The molecule has 3 aromatic carbocycles. The van der Waals surface area contributed by atoms with Crippen molar-refractivity contribution in [2.24, 2.45) is 12.0 Å². The monoisotopic (exact) mass is 483 g/mol. The molecule has 5 rings (SSSR count). The Morgan fingerprint density at radius 1 is 0.886 bits per heavy atom. The lowest BCUT2D eigenvalue weighted by Gasteiger charge is -2.08. The van der Waals surface area contributed by atoms with Crippen LogP contribution in [-0.2, 0) is 20.2 Å². The molecule has 0 fully saturated rings. The van der Waals surface area contributed by atoms with Gasteiger partial charge in [0.05, 0.1) is 36.5 Å². The summed E-state index contributed by atoms with van der Waals surface area (Å²) in [5.41, 5.74) is 8.41. The van der Waals surface area contributed by atoms with Crippen LogP contribution in [0.15, 0.2) is 88.5 Å². The molecule has 0 aliphatic carbocycles. The molecule has 0 bridgehead atoms. The van der Waals surface area contributed by atoms with Crippen LogP contribution in [0.4, 0.5) is 5.69 Å². The van der Waals surface area contributed by atoms with Crippen molar-refractivity contribution in [1.82, 2.24) is 9.13 Å². The number of benzene rings is 3. The Morgan fingerprint density at radius 2 is 1.66 bits per heavy atom. The van der Waals surface area contributed by atoms with Crippen LogP contribution in [0.3, 0.4) is 0 Å². The zero-order chi connectivity index (χ0) is 24.2. The highest BCUT2D eigenvalue weighted by molar-refractivity contribution is 7.08. The first-order valence-corrected chi connectivity index (χ1v) is 12.8. The van der Waals surface area contributed by atoms with Gasteiger partial charge in [-0.1, -0.05) is 43.3 Å². The summed E-state index contributed by atoms with van der Waals surface area (Å²) in [6, 6.07) is 24.8. The Labute approximate surface area is 209 Å². The topological polar surface area (TPSA) is 51.7 Å². The number of nitrogens with zero attached hydrogens (tertiary/aromatic N) is 3. The molecule has 2 aromatic heterocycles. The minimum atomic E-state index is 0.0458. The van der Waals surface area contributed by atoms with E-state index in [2.05, 4.69) is 88.5 Å². The lowest BCUT2D eigenvalue weighted by molar-refractivity contribution is 0.282. The van der Waals surface area contributed by atoms with Crippen LogP contribution in [0.25, 0.3) is 22.2 Å². The molecule has 2 heterocycles. The Balaban J connectivity index is 1.60. The summed E-state index contributed by atoms with van der Waals surface area (Å²) in [7, 11) is 2.05. The van der Waals surface area contributed by atoms with Gasteiger partial charge in [-0.15, -0.1) is 0 Å². The number of ether oxygens (including phenoxy) is 1. The van der Waals surface area contributed by atoms with Crippen molar-refractivity contribution in [1.29, 1.82) is 0 Å². The molecule has 0 saturated carbocycles. The molecule has 0 spiro atoms. The fourth-order valence-corrected chi connectivity index (χ4v) is 4.87. The third-order valence-electron chi connectivity index (χ3n) is 6.11. The maximum absolute atomic E-state index is 9.40. The van der Waals surface area contributed by atoms with Crippen LogP contribution in [0, 0.1) is 0 Å². The Hall–Kier alpha value is -3.61. The number of fused-ring (bicyclic) bond motifs is 1. The van der Waals surface area contributed by atoms with E-state index in [9.17, 15) is 5.11 Å². The summed E-state index contributed by atoms with van der Waals surface area (Å²) in [6.07, 6.45) is 0.969. The van der Waals surface area contributed by atoms with Gasteiger partial charge in [-0.25, -0.2) is 4.99 Å². The number of thiophene rings is 1. The first-order valence-electron chi connectivity index (χ1n) is 11.8. The minimum Gasteiger partial charge on any atom is -0.494 e. The van der Waals surface area contributed by atoms with E-state index in [-0.39, 0.29) is 6.61 Å². The summed E-state index contributed by atoms with van der Waals surface area (Å²) >= 11 is 1.70. The van der Waals surface area contributed by atoms with Crippen LogP contribution in [0.5, 0.6) is 5.75 Å². The van der Waals surface area contributed by atoms with Crippen molar-refractivity contribution in [2.45, 2.75) is 26.5 Å². The summed E-state index contributed by atoms with van der Waals surface area (Å²) < 4.78 is 10.3. The summed E-state index contributed by atoms with van der Waals surface area (Å²) in [4.78, 5) is 5.07. The first-order chi connectivity index (χ1) is 17.2. The highest BCUT2D eigenvalue weighted by Crippen LogP contribution is 2.25. The van der Waals surface area contributed by atoms with E-state index < -0.39 is 0 Å². The second kappa shape index (κ2) is 10.3. The van der Waals surface area contributed by atoms with Crippen molar-refractivity contribution in [3.05, 3.63) is 100 Å². The Kier molecular flexibility index (Phi) is 6.84. The van der Waals surface area contributed by atoms with Gasteiger partial charge < -0.3 is 19.0 Å². The highest BCUT2D eigenvalue weighted by Gasteiger charge is 2.12. The number of aliphatic hydroxyl groups excluding tert-OH is 1. The lowest BCUT2D eigenvalue weighted by atomic mass is 10.1. The maximum atomic E-state index is 9.40. The molecule has 5 nitrogen and oxygen atoms in total. The smallest absolute Gasteiger partial charge is 0.211 e. The average molecular weight is 484 g/mol. The van der Waals surface area contributed by atoms with Gasteiger partial charge in [-0.3, -0.25) is 0 Å². The average Bonchev–Trinajstić information content (AvgIpc) is 3.52. The molecule has 0 amide bonds. The molecule has 5 aromatic rings. The standard InChI is InChI=1S/C29H29N3O2S/c1-3-15-34-26-12-13-27-28(17-26)31(2)29(32(27)18-21-4-6-22(19-33)7-5-21)30-25-10-8-23(9-11-25)24-14-16-35-20-24/h4-14,16-17,20,33H,3,15,18-19H2,1-2H3/b30-29-. The predicted octanol–water partition coefficient (Wildman–Crippen LogP) is 6.27. The minimum absolute atomic E-state index is 0.0458. The van der Waals surface area contributed by atoms with Crippen molar-refractivity contribution >= 4 is 28.1 Å². The van der Waals surface area contributed by atoms with Gasteiger partial charge in [0, 0.05) is 13.1 Å². The maximum Gasteiger partial charge on any atom is 0.211 e. The number of rotatable bonds is 8. The van der Waals surface area contributed by atoms with E-state index in [1.54, 1.807) is 11.3 Å². The van der Waals surface area contributed by atoms with Gasteiger partial charge in [-0.2, -0.15) is 11.3 Å². The SMILES string of the molecule is CCCOc1ccc2c(c1)n(C)/c(=N/c1ccc(-c3ccsc3)cc1)n2Cc1ccc(CO)cc1. The van der Waals surface area contributed by atoms with E-state index in [0.717, 1.165) is 45.6 Å². The third-order valence-corrected chi connectivity index (χ3v) is 6.79. The van der Waals surface area contributed by atoms with Gasteiger partial charge in [0.1, 0.15) is 5.75 Å². The van der Waals surface area contributed by atoms with Gasteiger partial charge in [0.15, 0.2) is 0 Å². The van der Waals surface area contributed by atoms with E-state index >= 15 is 0 Å².